The molecule has 3 heterocycles. The topological polar surface area (TPSA) is 88.4 Å². The molecule has 126 valence electrons. The van der Waals surface area contributed by atoms with E-state index in [-0.39, 0.29) is 24.8 Å². The summed E-state index contributed by atoms with van der Waals surface area (Å²) in [5.74, 6) is -1.78. The molecule has 7 nitrogen and oxygen atoms in total. The molecule has 8 heteroatoms. The van der Waals surface area contributed by atoms with Crippen molar-refractivity contribution in [2.24, 2.45) is 0 Å². The Morgan fingerprint density at radius 3 is 3.20 bits per heavy atom. The number of anilines is 1. The highest BCUT2D eigenvalue weighted by molar-refractivity contribution is 6.01. The van der Waals surface area contributed by atoms with Crippen molar-refractivity contribution < 1.29 is 14.0 Å². The van der Waals surface area contributed by atoms with Crippen molar-refractivity contribution in [2.75, 3.05) is 5.32 Å². The van der Waals surface area contributed by atoms with Crippen LogP contribution in [0.3, 0.4) is 0 Å². The van der Waals surface area contributed by atoms with Gasteiger partial charge in [0.15, 0.2) is 5.65 Å². The Hall–Kier alpha value is -3.29. The number of carbonyl (C=O) groups is 2. The molecule has 25 heavy (non-hydrogen) atoms. The molecule has 0 bridgehead atoms. The van der Waals surface area contributed by atoms with Gasteiger partial charge in [-0.1, -0.05) is 0 Å². The highest BCUT2D eigenvalue weighted by Gasteiger charge is 2.31. The van der Waals surface area contributed by atoms with Gasteiger partial charge in [0.1, 0.15) is 5.82 Å². The molecule has 2 aromatic heterocycles. The third-order valence-electron chi connectivity index (χ3n) is 4.17. The lowest BCUT2D eigenvalue weighted by Crippen LogP contribution is -2.34. The number of hydrogen-bond donors (Lipinski definition) is 2. The maximum Gasteiger partial charge on any atom is 0.228 e. The van der Waals surface area contributed by atoms with Gasteiger partial charge in [-0.2, -0.15) is 5.10 Å². The fourth-order valence-electron chi connectivity index (χ4n) is 2.97. The second-order valence-electron chi connectivity index (χ2n) is 5.81. The van der Waals surface area contributed by atoms with Gasteiger partial charge in [0.05, 0.1) is 12.1 Å². The number of carbonyl (C=O) groups excluding carboxylic acids is 2. The Balaban J connectivity index is 1.55. The maximum absolute atomic E-state index is 13.5. The number of halogens is 1. The first-order valence-electron chi connectivity index (χ1n) is 7.76. The standard InChI is InChI=1S/C17H14FN5O2/c18-11-2-3-14-12(6-11)13(7-15(24)22-14)17(25)20-8-10-9-21-23-5-1-4-19-16(10)23/h1-6,9,13H,7-8H2,(H,20,25)(H,22,24)/t13-/m1/s1. The van der Waals surface area contributed by atoms with Crippen molar-refractivity contribution in [1.29, 1.82) is 0 Å². The van der Waals surface area contributed by atoms with E-state index in [2.05, 4.69) is 20.7 Å². The molecule has 0 aliphatic carbocycles. The van der Waals surface area contributed by atoms with Crippen molar-refractivity contribution in [3.63, 3.8) is 0 Å². The smallest absolute Gasteiger partial charge is 0.228 e. The van der Waals surface area contributed by atoms with Crippen molar-refractivity contribution in [3.8, 4) is 0 Å². The number of aromatic nitrogens is 3. The summed E-state index contributed by atoms with van der Waals surface area (Å²) < 4.78 is 15.2. The number of nitrogens with zero attached hydrogens (tertiary/aromatic N) is 3. The van der Waals surface area contributed by atoms with Gasteiger partial charge in [-0.25, -0.2) is 13.9 Å². The van der Waals surface area contributed by atoms with E-state index in [1.54, 1.807) is 29.2 Å². The Morgan fingerprint density at radius 1 is 1.44 bits per heavy atom. The molecule has 0 saturated carbocycles. The summed E-state index contributed by atoms with van der Waals surface area (Å²) in [6, 6.07) is 5.77. The summed E-state index contributed by atoms with van der Waals surface area (Å²) >= 11 is 0. The second-order valence-corrected chi connectivity index (χ2v) is 5.81. The maximum atomic E-state index is 13.5. The van der Waals surface area contributed by atoms with E-state index >= 15 is 0 Å². The number of rotatable bonds is 3. The van der Waals surface area contributed by atoms with Gasteiger partial charge in [-0.15, -0.1) is 0 Å². The van der Waals surface area contributed by atoms with Crippen molar-refractivity contribution in [1.82, 2.24) is 19.9 Å². The molecule has 2 amide bonds. The quantitative estimate of drug-likeness (QED) is 0.759. The van der Waals surface area contributed by atoms with Crippen molar-refractivity contribution in [3.05, 3.63) is 59.8 Å². The van der Waals surface area contributed by atoms with E-state index in [0.29, 0.717) is 16.9 Å². The molecule has 2 N–H and O–H groups in total. The van der Waals surface area contributed by atoms with Crippen LogP contribution >= 0.6 is 0 Å². The van der Waals surface area contributed by atoms with Gasteiger partial charge in [-0.05, 0) is 29.8 Å². The Bertz CT molecular complexity index is 984. The molecule has 0 radical (unpaired) electrons. The molecule has 1 atom stereocenters. The number of amides is 2. The van der Waals surface area contributed by atoms with Crippen LogP contribution in [0.15, 0.2) is 42.9 Å². The lowest BCUT2D eigenvalue weighted by molar-refractivity contribution is -0.126. The van der Waals surface area contributed by atoms with Crippen LogP contribution < -0.4 is 10.6 Å². The first-order valence-corrected chi connectivity index (χ1v) is 7.76. The minimum atomic E-state index is -0.728. The van der Waals surface area contributed by atoms with Gasteiger partial charge in [0.2, 0.25) is 11.8 Å². The van der Waals surface area contributed by atoms with E-state index in [4.69, 9.17) is 0 Å². The molecule has 1 aliphatic heterocycles. The zero-order valence-corrected chi connectivity index (χ0v) is 13.1. The summed E-state index contributed by atoms with van der Waals surface area (Å²) in [5, 5.41) is 9.61. The second kappa shape index (κ2) is 5.97. The monoisotopic (exact) mass is 339 g/mol. The highest BCUT2D eigenvalue weighted by atomic mass is 19.1. The minimum absolute atomic E-state index is 0.0186. The van der Waals surface area contributed by atoms with Crippen LogP contribution in [0, 0.1) is 5.82 Å². The molecule has 0 unspecified atom stereocenters. The Kier molecular flexibility index (Phi) is 3.64. The largest absolute Gasteiger partial charge is 0.351 e. The van der Waals surface area contributed by atoms with Crippen LogP contribution in [0.1, 0.15) is 23.5 Å². The average Bonchev–Trinajstić information content (AvgIpc) is 3.02. The zero-order valence-electron chi connectivity index (χ0n) is 13.1. The van der Waals surface area contributed by atoms with Crippen LogP contribution in [0.25, 0.3) is 5.65 Å². The average molecular weight is 339 g/mol. The Labute approximate surface area is 141 Å². The van der Waals surface area contributed by atoms with E-state index in [0.717, 1.165) is 5.56 Å². The van der Waals surface area contributed by atoms with Gasteiger partial charge >= 0.3 is 0 Å². The predicted octanol–water partition coefficient (Wildman–Crippen LogP) is 1.61. The van der Waals surface area contributed by atoms with Crippen LogP contribution in [-0.2, 0) is 16.1 Å². The lowest BCUT2D eigenvalue weighted by Gasteiger charge is -2.24. The summed E-state index contributed by atoms with van der Waals surface area (Å²) in [7, 11) is 0. The number of fused-ring (bicyclic) bond motifs is 2. The number of nitrogens with one attached hydrogen (secondary N) is 2. The first kappa shape index (κ1) is 15.3. The van der Waals surface area contributed by atoms with Crippen molar-refractivity contribution in [2.45, 2.75) is 18.9 Å². The minimum Gasteiger partial charge on any atom is -0.351 e. The third-order valence-corrected chi connectivity index (χ3v) is 4.17. The van der Waals surface area contributed by atoms with Crippen LogP contribution in [0.5, 0.6) is 0 Å². The van der Waals surface area contributed by atoms with Crippen LogP contribution in [0.2, 0.25) is 0 Å². The molecular weight excluding hydrogens is 325 g/mol. The highest BCUT2D eigenvalue weighted by Crippen LogP contribution is 2.32. The molecule has 4 rings (SSSR count). The summed E-state index contributed by atoms with van der Waals surface area (Å²) in [6.07, 6.45) is 5.02. The summed E-state index contributed by atoms with van der Waals surface area (Å²) in [6.45, 7) is 0.224. The Morgan fingerprint density at radius 2 is 2.32 bits per heavy atom. The van der Waals surface area contributed by atoms with Gasteiger partial charge < -0.3 is 10.6 Å². The normalized spacial score (nSPS) is 16.4. The van der Waals surface area contributed by atoms with E-state index in [9.17, 15) is 14.0 Å². The molecular formula is C17H14FN5O2. The van der Waals surface area contributed by atoms with Crippen LogP contribution in [0.4, 0.5) is 10.1 Å². The van der Waals surface area contributed by atoms with Gasteiger partial charge in [0.25, 0.3) is 0 Å². The van der Waals surface area contributed by atoms with E-state index < -0.39 is 11.7 Å². The lowest BCUT2D eigenvalue weighted by atomic mass is 9.89. The van der Waals surface area contributed by atoms with Gasteiger partial charge in [0, 0.05) is 36.6 Å². The molecule has 1 aliphatic rings. The summed E-state index contributed by atoms with van der Waals surface area (Å²) in [4.78, 5) is 28.6. The van der Waals surface area contributed by atoms with Crippen LogP contribution in [-0.4, -0.2) is 26.4 Å². The molecule has 0 saturated heterocycles. The molecule has 0 fully saturated rings. The molecule has 3 aromatic rings. The molecule has 0 spiro atoms. The van der Waals surface area contributed by atoms with Crippen molar-refractivity contribution >= 4 is 23.1 Å². The van der Waals surface area contributed by atoms with Gasteiger partial charge in [-0.3, -0.25) is 9.59 Å². The summed E-state index contributed by atoms with van der Waals surface area (Å²) in [5.41, 5.74) is 2.36. The molecule has 1 aromatic carbocycles. The third kappa shape index (κ3) is 2.82. The zero-order chi connectivity index (χ0) is 17.4. The van der Waals surface area contributed by atoms with E-state index in [1.165, 1.54) is 18.2 Å². The SMILES string of the molecule is O=C1C[C@@H](C(=O)NCc2cnn3cccnc23)c2cc(F)ccc2N1. The fraction of sp³-hybridized carbons (Fsp3) is 0.176. The van der Waals surface area contributed by atoms with E-state index in [1.807, 2.05) is 0 Å². The fourth-order valence-corrected chi connectivity index (χ4v) is 2.97. The number of hydrogen-bond acceptors (Lipinski definition) is 4. The number of benzene rings is 1. The predicted molar refractivity (Wildman–Crippen MR) is 87.2 cm³/mol. The first-order chi connectivity index (χ1) is 12.1.